The molecule has 0 spiro atoms. The first kappa shape index (κ1) is 8.51. The standard InChI is InChI=1S/C12H18N2/c1-2-6-10-9(5-1)13-11-7-3-4-8-12(11)14-10/h5,11-13H,1-4,6-8H2/t11-,12-/m0/s1. The van der Waals surface area contributed by atoms with Gasteiger partial charge in [-0.1, -0.05) is 18.9 Å². The van der Waals surface area contributed by atoms with Crippen LogP contribution in [0.3, 0.4) is 0 Å². The lowest BCUT2D eigenvalue weighted by atomic mass is 9.87. The van der Waals surface area contributed by atoms with Crippen molar-refractivity contribution in [3.63, 3.8) is 0 Å². The zero-order valence-electron chi connectivity index (χ0n) is 8.63. The molecule has 2 atom stereocenters. The second-order valence-corrected chi connectivity index (χ2v) is 4.69. The second kappa shape index (κ2) is 3.41. The van der Waals surface area contributed by atoms with E-state index in [9.17, 15) is 0 Å². The van der Waals surface area contributed by atoms with Gasteiger partial charge < -0.3 is 5.32 Å². The molecule has 1 fully saturated rings. The first-order valence-corrected chi connectivity index (χ1v) is 5.97. The molecule has 0 bridgehead atoms. The third kappa shape index (κ3) is 1.37. The number of allylic oxidation sites excluding steroid dienone is 2. The summed E-state index contributed by atoms with van der Waals surface area (Å²) in [6, 6.07) is 1.24. The third-order valence-electron chi connectivity index (χ3n) is 3.67. The number of aliphatic imine (C=N–C) groups is 1. The van der Waals surface area contributed by atoms with Crippen molar-refractivity contribution in [3.8, 4) is 0 Å². The Hall–Kier alpha value is -0.790. The van der Waals surface area contributed by atoms with Gasteiger partial charge in [0.05, 0.1) is 17.5 Å². The number of nitrogens with zero attached hydrogens (tertiary/aromatic N) is 1. The van der Waals surface area contributed by atoms with Crippen LogP contribution in [-0.4, -0.2) is 17.8 Å². The fourth-order valence-electron chi connectivity index (χ4n) is 2.88. The Kier molecular flexibility index (Phi) is 2.07. The van der Waals surface area contributed by atoms with Crippen molar-refractivity contribution in [3.05, 3.63) is 11.8 Å². The lowest BCUT2D eigenvalue weighted by Crippen LogP contribution is -2.47. The van der Waals surface area contributed by atoms with E-state index in [2.05, 4.69) is 11.4 Å². The Labute approximate surface area is 85.5 Å². The van der Waals surface area contributed by atoms with E-state index >= 15 is 0 Å². The van der Waals surface area contributed by atoms with Crippen molar-refractivity contribution >= 4 is 5.71 Å². The molecule has 1 N–H and O–H groups in total. The minimum absolute atomic E-state index is 0.592. The van der Waals surface area contributed by atoms with Crippen LogP contribution in [0.4, 0.5) is 0 Å². The van der Waals surface area contributed by atoms with Crippen molar-refractivity contribution in [1.29, 1.82) is 0 Å². The van der Waals surface area contributed by atoms with Crippen molar-refractivity contribution in [2.24, 2.45) is 4.99 Å². The topological polar surface area (TPSA) is 24.4 Å². The van der Waals surface area contributed by atoms with E-state index in [0.717, 1.165) is 0 Å². The van der Waals surface area contributed by atoms with Gasteiger partial charge in [0.25, 0.3) is 0 Å². The Bertz CT molecular complexity index is 291. The lowest BCUT2D eigenvalue weighted by molar-refractivity contribution is 0.340. The van der Waals surface area contributed by atoms with Gasteiger partial charge in [0.15, 0.2) is 0 Å². The van der Waals surface area contributed by atoms with E-state index in [1.807, 2.05) is 0 Å². The molecule has 0 saturated heterocycles. The monoisotopic (exact) mass is 190 g/mol. The van der Waals surface area contributed by atoms with Crippen LogP contribution in [0, 0.1) is 0 Å². The van der Waals surface area contributed by atoms with Crippen LogP contribution in [0.1, 0.15) is 44.9 Å². The highest BCUT2D eigenvalue weighted by atomic mass is 15.1. The maximum absolute atomic E-state index is 4.91. The van der Waals surface area contributed by atoms with Gasteiger partial charge in [-0.25, -0.2) is 0 Å². The molecule has 0 amide bonds. The molecule has 2 nitrogen and oxygen atoms in total. The SMILES string of the molecule is C1=C2N[C@H]3CCCC[C@@H]3N=C2CCC1. The number of nitrogens with one attached hydrogen (secondary N) is 1. The summed E-state index contributed by atoms with van der Waals surface area (Å²) in [5.74, 6) is 0. The summed E-state index contributed by atoms with van der Waals surface area (Å²) < 4.78 is 0. The van der Waals surface area contributed by atoms with E-state index in [-0.39, 0.29) is 0 Å². The first-order chi connectivity index (χ1) is 6.93. The van der Waals surface area contributed by atoms with Gasteiger partial charge in [-0.2, -0.15) is 0 Å². The summed E-state index contributed by atoms with van der Waals surface area (Å²) in [5.41, 5.74) is 2.72. The van der Waals surface area contributed by atoms with Crippen LogP contribution in [0.2, 0.25) is 0 Å². The average molecular weight is 190 g/mol. The number of hydrogen-bond acceptors (Lipinski definition) is 2. The molecule has 2 heteroatoms. The van der Waals surface area contributed by atoms with Gasteiger partial charge in [0.1, 0.15) is 0 Å². The van der Waals surface area contributed by atoms with E-state index < -0.39 is 0 Å². The van der Waals surface area contributed by atoms with Crippen LogP contribution >= 0.6 is 0 Å². The van der Waals surface area contributed by atoms with Crippen molar-refractivity contribution < 1.29 is 0 Å². The van der Waals surface area contributed by atoms with Crippen LogP contribution in [-0.2, 0) is 0 Å². The molecule has 0 radical (unpaired) electrons. The van der Waals surface area contributed by atoms with Gasteiger partial charge in [-0.15, -0.1) is 0 Å². The Morgan fingerprint density at radius 1 is 1.21 bits per heavy atom. The zero-order chi connectivity index (χ0) is 9.38. The summed E-state index contributed by atoms with van der Waals surface area (Å²) in [6.45, 7) is 0. The minimum Gasteiger partial charge on any atom is -0.379 e. The fraction of sp³-hybridized carbons (Fsp3) is 0.750. The normalized spacial score (nSPS) is 36.0. The van der Waals surface area contributed by atoms with Gasteiger partial charge in [0.2, 0.25) is 0 Å². The van der Waals surface area contributed by atoms with E-state index in [1.165, 1.54) is 56.4 Å². The van der Waals surface area contributed by atoms with Crippen LogP contribution < -0.4 is 5.32 Å². The molecule has 1 heterocycles. The van der Waals surface area contributed by atoms with E-state index in [0.29, 0.717) is 12.1 Å². The van der Waals surface area contributed by atoms with E-state index in [1.54, 1.807) is 0 Å². The molecule has 76 valence electrons. The minimum atomic E-state index is 0.592. The number of fused-ring (bicyclic) bond motifs is 2. The molecule has 3 aliphatic rings. The molecule has 14 heavy (non-hydrogen) atoms. The summed E-state index contributed by atoms with van der Waals surface area (Å²) in [4.78, 5) is 4.91. The third-order valence-corrected chi connectivity index (χ3v) is 3.67. The largest absolute Gasteiger partial charge is 0.379 e. The summed E-state index contributed by atoms with van der Waals surface area (Å²) in [6.07, 6.45) is 11.4. The highest BCUT2D eigenvalue weighted by Gasteiger charge is 2.30. The fourth-order valence-corrected chi connectivity index (χ4v) is 2.88. The molecule has 2 aliphatic carbocycles. The molecule has 0 unspecified atom stereocenters. The maximum atomic E-state index is 4.91. The maximum Gasteiger partial charge on any atom is 0.0704 e. The van der Waals surface area contributed by atoms with Gasteiger partial charge in [-0.05, 0) is 32.1 Å². The average Bonchev–Trinajstić information content (AvgIpc) is 2.26. The predicted octanol–water partition coefficient (Wildman–Crippen LogP) is 2.41. The van der Waals surface area contributed by atoms with Crippen LogP contribution in [0.15, 0.2) is 16.8 Å². The van der Waals surface area contributed by atoms with Crippen molar-refractivity contribution in [1.82, 2.24) is 5.32 Å². The van der Waals surface area contributed by atoms with Crippen LogP contribution in [0.25, 0.3) is 0 Å². The number of hydrogen-bond donors (Lipinski definition) is 1. The van der Waals surface area contributed by atoms with E-state index in [4.69, 9.17) is 4.99 Å². The second-order valence-electron chi connectivity index (χ2n) is 4.69. The molecule has 0 aromatic rings. The Morgan fingerprint density at radius 2 is 2.14 bits per heavy atom. The summed E-state index contributed by atoms with van der Waals surface area (Å²) in [5, 5.41) is 3.69. The van der Waals surface area contributed by atoms with Gasteiger partial charge in [0, 0.05) is 6.04 Å². The van der Waals surface area contributed by atoms with Crippen molar-refractivity contribution in [2.45, 2.75) is 57.0 Å². The van der Waals surface area contributed by atoms with Crippen LogP contribution in [0.5, 0.6) is 0 Å². The molecule has 3 rings (SSSR count). The smallest absolute Gasteiger partial charge is 0.0704 e. The molecule has 1 saturated carbocycles. The highest BCUT2D eigenvalue weighted by Crippen LogP contribution is 2.28. The molecule has 0 aromatic heterocycles. The summed E-state index contributed by atoms with van der Waals surface area (Å²) >= 11 is 0. The van der Waals surface area contributed by atoms with Gasteiger partial charge >= 0.3 is 0 Å². The van der Waals surface area contributed by atoms with Gasteiger partial charge in [-0.3, -0.25) is 4.99 Å². The number of rotatable bonds is 0. The molecular formula is C12H18N2. The Balaban J connectivity index is 1.88. The lowest BCUT2D eigenvalue weighted by Gasteiger charge is -2.37. The summed E-state index contributed by atoms with van der Waals surface area (Å²) in [7, 11) is 0. The molecule has 1 aliphatic heterocycles. The highest BCUT2D eigenvalue weighted by molar-refractivity contribution is 6.01. The zero-order valence-corrected chi connectivity index (χ0v) is 8.63. The van der Waals surface area contributed by atoms with Crippen molar-refractivity contribution in [2.75, 3.05) is 0 Å². The molecule has 0 aromatic carbocycles. The Morgan fingerprint density at radius 3 is 3.14 bits per heavy atom. The molecular weight excluding hydrogens is 172 g/mol. The predicted molar refractivity (Wildman–Crippen MR) is 58.5 cm³/mol. The first-order valence-electron chi connectivity index (χ1n) is 5.97. The quantitative estimate of drug-likeness (QED) is 0.623.